The molecule has 0 spiro atoms. The van der Waals surface area contributed by atoms with Crippen molar-refractivity contribution in [2.24, 2.45) is 5.92 Å². The second-order valence-electron chi connectivity index (χ2n) is 5.46. The van der Waals surface area contributed by atoms with E-state index in [2.05, 4.69) is 12.2 Å². The zero-order chi connectivity index (χ0) is 14.4. The summed E-state index contributed by atoms with van der Waals surface area (Å²) in [4.78, 5) is 25.1. The number of nitrogens with zero attached hydrogens (tertiary/aromatic N) is 1. The summed E-state index contributed by atoms with van der Waals surface area (Å²) in [6, 6.07) is -0.899. The summed E-state index contributed by atoms with van der Waals surface area (Å²) in [5.74, 6) is -0.778. The van der Waals surface area contributed by atoms with Gasteiger partial charge in [-0.05, 0) is 25.7 Å². The predicted molar refractivity (Wildman–Crippen MR) is 73.9 cm³/mol. The highest BCUT2D eigenvalue weighted by Crippen LogP contribution is 2.26. The highest BCUT2D eigenvalue weighted by Gasteiger charge is 2.40. The average Bonchev–Trinajstić information content (AvgIpc) is 2.75. The van der Waals surface area contributed by atoms with Crippen molar-refractivity contribution in [2.75, 3.05) is 13.1 Å². The predicted octanol–water partition coefficient (Wildman–Crippen LogP) is 1.48. The van der Waals surface area contributed by atoms with Gasteiger partial charge in [-0.1, -0.05) is 26.7 Å². The molecule has 1 saturated heterocycles. The fourth-order valence-corrected chi connectivity index (χ4v) is 2.68. The minimum Gasteiger partial charge on any atom is -0.480 e. The molecule has 1 aliphatic heterocycles. The third-order valence-electron chi connectivity index (χ3n) is 3.95. The molecule has 1 rings (SSSR count). The van der Waals surface area contributed by atoms with E-state index >= 15 is 0 Å². The zero-order valence-corrected chi connectivity index (χ0v) is 12.2. The van der Waals surface area contributed by atoms with Crippen LogP contribution in [-0.2, 0) is 9.59 Å². The van der Waals surface area contributed by atoms with E-state index in [4.69, 9.17) is 0 Å². The summed E-state index contributed by atoms with van der Waals surface area (Å²) >= 11 is 0. The summed E-state index contributed by atoms with van der Waals surface area (Å²) in [6.45, 7) is 7.21. The van der Waals surface area contributed by atoms with Crippen LogP contribution in [-0.4, -0.2) is 47.1 Å². The number of carboxylic acids is 1. The third-order valence-corrected chi connectivity index (χ3v) is 3.95. The van der Waals surface area contributed by atoms with Crippen molar-refractivity contribution >= 4 is 11.9 Å². The SMILES string of the molecule is CCCCCNC(=O)C(C)N1CCC(C)C1C(=O)O. The number of hydrogen-bond acceptors (Lipinski definition) is 3. The van der Waals surface area contributed by atoms with Crippen molar-refractivity contribution in [3.05, 3.63) is 0 Å². The van der Waals surface area contributed by atoms with E-state index in [9.17, 15) is 14.7 Å². The molecule has 0 radical (unpaired) electrons. The van der Waals surface area contributed by atoms with Gasteiger partial charge < -0.3 is 10.4 Å². The van der Waals surface area contributed by atoms with Crippen LogP contribution in [0.3, 0.4) is 0 Å². The average molecular weight is 270 g/mol. The number of hydrogen-bond donors (Lipinski definition) is 2. The summed E-state index contributed by atoms with van der Waals surface area (Å²) in [5, 5.41) is 12.2. The van der Waals surface area contributed by atoms with Crippen molar-refractivity contribution in [3.8, 4) is 0 Å². The number of nitrogens with one attached hydrogen (secondary N) is 1. The molecule has 3 unspecified atom stereocenters. The van der Waals surface area contributed by atoms with Crippen molar-refractivity contribution in [1.82, 2.24) is 10.2 Å². The van der Waals surface area contributed by atoms with Gasteiger partial charge in [0.2, 0.25) is 5.91 Å². The Morgan fingerprint density at radius 1 is 1.42 bits per heavy atom. The van der Waals surface area contributed by atoms with Crippen molar-refractivity contribution in [2.45, 2.75) is 58.5 Å². The van der Waals surface area contributed by atoms with E-state index in [-0.39, 0.29) is 17.9 Å². The smallest absolute Gasteiger partial charge is 0.321 e. The number of aliphatic carboxylic acids is 1. The van der Waals surface area contributed by atoms with Gasteiger partial charge >= 0.3 is 5.97 Å². The van der Waals surface area contributed by atoms with Gasteiger partial charge in [-0.25, -0.2) is 0 Å². The lowest BCUT2D eigenvalue weighted by molar-refractivity contribution is -0.145. The molecule has 1 fully saturated rings. The monoisotopic (exact) mass is 270 g/mol. The second kappa shape index (κ2) is 7.48. The highest BCUT2D eigenvalue weighted by atomic mass is 16.4. The van der Waals surface area contributed by atoms with Crippen LogP contribution in [0.2, 0.25) is 0 Å². The van der Waals surface area contributed by atoms with E-state index in [0.29, 0.717) is 13.1 Å². The van der Waals surface area contributed by atoms with Crippen LogP contribution in [0.15, 0.2) is 0 Å². The van der Waals surface area contributed by atoms with E-state index in [1.165, 1.54) is 0 Å². The van der Waals surface area contributed by atoms with E-state index in [0.717, 1.165) is 25.7 Å². The van der Waals surface area contributed by atoms with Crippen molar-refractivity contribution in [1.29, 1.82) is 0 Å². The summed E-state index contributed by atoms with van der Waals surface area (Å²) < 4.78 is 0. The van der Waals surface area contributed by atoms with E-state index in [1.807, 2.05) is 11.8 Å². The largest absolute Gasteiger partial charge is 0.480 e. The highest BCUT2D eigenvalue weighted by molar-refractivity contribution is 5.83. The molecule has 1 amide bonds. The van der Waals surface area contributed by atoms with Gasteiger partial charge in [0, 0.05) is 13.1 Å². The Hall–Kier alpha value is -1.10. The Bertz CT molecular complexity index is 320. The first-order chi connectivity index (χ1) is 8.99. The first-order valence-corrected chi connectivity index (χ1v) is 7.25. The molecule has 0 aromatic carbocycles. The lowest BCUT2D eigenvalue weighted by Crippen LogP contribution is -2.50. The minimum atomic E-state index is -0.823. The van der Waals surface area contributed by atoms with Crippen molar-refractivity contribution < 1.29 is 14.7 Å². The molecule has 0 aliphatic carbocycles. The van der Waals surface area contributed by atoms with Crippen LogP contribution in [0.25, 0.3) is 0 Å². The number of likely N-dealkylation sites (tertiary alicyclic amines) is 1. The zero-order valence-electron chi connectivity index (χ0n) is 12.2. The van der Waals surface area contributed by atoms with Crippen molar-refractivity contribution in [3.63, 3.8) is 0 Å². The quantitative estimate of drug-likeness (QED) is 0.687. The standard InChI is InChI=1S/C14H26N2O3/c1-4-5-6-8-15-13(17)11(3)16-9-7-10(2)12(16)14(18)19/h10-12H,4-9H2,1-3H3,(H,15,17)(H,18,19). The van der Waals surface area contributed by atoms with Crippen LogP contribution in [0.5, 0.6) is 0 Å². The van der Waals surface area contributed by atoms with E-state index < -0.39 is 12.0 Å². The lowest BCUT2D eigenvalue weighted by Gasteiger charge is -2.28. The maximum atomic E-state index is 12.0. The number of amides is 1. The topological polar surface area (TPSA) is 69.6 Å². The summed E-state index contributed by atoms with van der Waals surface area (Å²) in [7, 11) is 0. The molecule has 0 aromatic heterocycles. The maximum absolute atomic E-state index is 12.0. The molecule has 19 heavy (non-hydrogen) atoms. The van der Waals surface area contributed by atoms with E-state index in [1.54, 1.807) is 6.92 Å². The van der Waals surface area contributed by atoms with Crippen LogP contribution in [0.1, 0.15) is 46.5 Å². The molecule has 3 atom stereocenters. The Morgan fingerprint density at radius 3 is 2.68 bits per heavy atom. The number of rotatable bonds is 7. The fraction of sp³-hybridized carbons (Fsp3) is 0.857. The Labute approximate surface area is 115 Å². The van der Waals surface area contributed by atoms with Crippen LogP contribution < -0.4 is 5.32 Å². The van der Waals surface area contributed by atoms with Gasteiger partial charge in [0.05, 0.1) is 6.04 Å². The second-order valence-corrected chi connectivity index (χ2v) is 5.46. The van der Waals surface area contributed by atoms with Gasteiger partial charge in [0.25, 0.3) is 0 Å². The maximum Gasteiger partial charge on any atom is 0.321 e. The third kappa shape index (κ3) is 4.20. The summed E-state index contributed by atoms with van der Waals surface area (Å²) in [6.07, 6.45) is 4.04. The summed E-state index contributed by atoms with van der Waals surface area (Å²) in [5.41, 5.74) is 0. The molecule has 5 nitrogen and oxygen atoms in total. The fourth-order valence-electron chi connectivity index (χ4n) is 2.68. The molecule has 2 N–H and O–H groups in total. The Morgan fingerprint density at radius 2 is 2.11 bits per heavy atom. The first kappa shape index (κ1) is 16.0. The molecular weight excluding hydrogens is 244 g/mol. The molecule has 0 bridgehead atoms. The molecule has 1 aliphatic rings. The molecule has 110 valence electrons. The Kier molecular flexibility index (Phi) is 6.28. The number of carbonyl (C=O) groups is 2. The van der Waals surface area contributed by atoms with Gasteiger partial charge in [-0.2, -0.15) is 0 Å². The number of unbranched alkanes of at least 4 members (excludes halogenated alkanes) is 2. The Balaban J connectivity index is 2.49. The molecule has 0 saturated carbocycles. The van der Waals surface area contributed by atoms with Crippen LogP contribution >= 0.6 is 0 Å². The van der Waals surface area contributed by atoms with Crippen LogP contribution in [0.4, 0.5) is 0 Å². The first-order valence-electron chi connectivity index (χ1n) is 7.25. The van der Waals surface area contributed by atoms with Crippen LogP contribution in [0, 0.1) is 5.92 Å². The van der Waals surface area contributed by atoms with Gasteiger partial charge in [-0.3, -0.25) is 14.5 Å². The molecule has 1 heterocycles. The van der Waals surface area contributed by atoms with Gasteiger partial charge in [0.1, 0.15) is 6.04 Å². The molecular formula is C14H26N2O3. The lowest BCUT2D eigenvalue weighted by atomic mass is 10.0. The minimum absolute atomic E-state index is 0.0588. The molecule has 0 aromatic rings. The van der Waals surface area contributed by atoms with Gasteiger partial charge in [0.15, 0.2) is 0 Å². The normalized spacial score (nSPS) is 25.2. The molecule has 5 heteroatoms. The number of carboxylic acid groups (broad SMARTS) is 1. The number of carbonyl (C=O) groups excluding carboxylic acids is 1. The van der Waals surface area contributed by atoms with Gasteiger partial charge in [-0.15, -0.1) is 0 Å².